The van der Waals surface area contributed by atoms with Crippen molar-refractivity contribution in [2.75, 3.05) is 13.2 Å². The van der Waals surface area contributed by atoms with E-state index in [4.69, 9.17) is 13.8 Å². The molecule has 1 fully saturated rings. The summed E-state index contributed by atoms with van der Waals surface area (Å²) in [6.07, 6.45) is 0.113. The van der Waals surface area contributed by atoms with Gasteiger partial charge in [-0.05, 0) is 26.3 Å². The van der Waals surface area contributed by atoms with E-state index in [-0.39, 0.29) is 19.6 Å². The summed E-state index contributed by atoms with van der Waals surface area (Å²) in [4.78, 5) is 12.5. The van der Waals surface area contributed by atoms with Crippen LogP contribution in [0.1, 0.15) is 42.9 Å². The number of cyclic esters (lactones) is 1. The van der Waals surface area contributed by atoms with E-state index < -0.39 is 24.8 Å². The molecule has 144 valence electrons. The minimum absolute atomic E-state index is 0.113. The van der Waals surface area contributed by atoms with Gasteiger partial charge in [0.05, 0.1) is 25.6 Å². The summed E-state index contributed by atoms with van der Waals surface area (Å²) in [7, 11) is -3.83. The van der Waals surface area contributed by atoms with Gasteiger partial charge in [0, 0.05) is 5.56 Å². The van der Waals surface area contributed by atoms with E-state index in [1.165, 1.54) is 0 Å². The fraction of sp³-hybridized carbons (Fsp3) is 0.381. The summed E-state index contributed by atoms with van der Waals surface area (Å²) in [6, 6.07) is 17.0. The Hall–Kier alpha value is -1.94. The molecule has 0 bridgehead atoms. The lowest BCUT2D eigenvalue weighted by molar-refractivity contribution is -0.145. The highest BCUT2D eigenvalue weighted by molar-refractivity contribution is 7.55. The van der Waals surface area contributed by atoms with Crippen molar-refractivity contribution in [1.82, 2.24) is 0 Å². The van der Waals surface area contributed by atoms with Gasteiger partial charge in [0.2, 0.25) is 5.34 Å². The van der Waals surface area contributed by atoms with E-state index in [9.17, 15) is 9.36 Å². The van der Waals surface area contributed by atoms with Crippen molar-refractivity contribution in [2.24, 2.45) is 0 Å². The van der Waals surface area contributed by atoms with Crippen molar-refractivity contribution >= 4 is 13.6 Å². The molecular weight excluding hydrogens is 363 g/mol. The Labute approximate surface area is 160 Å². The Bertz CT molecular complexity index is 823. The first-order valence-corrected chi connectivity index (χ1v) is 10.7. The largest absolute Gasteiger partial charge is 0.440 e. The fourth-order valence-corrected chi connectivity index (χ4v) is 6.08. The molecule has 1 aliphatic rings. The van der Waals surface area contributed by atoms with Crippen molar-refractivity contribution in [3.05, 3.63) is 71.3 Å². The number of ether oxygens (including phenoxy) is 1. The summed E-state index contributed by atoms with van der Waals surface area (Å²) in [6.45, 7) is 5.87. The highest BCUT2D eigenvalue weighted by Gasteiger charge is 2.65. The van der Waals surface area contributed by atoms with Crippen LogP contribution in [0.4, 0.5) is 0 Å². The van der Waals surface area contributed by atoms with Crippen LogP contribution in [0.5, 0.6) is 0 Å². The van der Waals surface area contributed by atoms with Crippen LogP contribution in [-0.4, -0.2) is 19.2 Å². The van der Waals surface area contributed by atoms with Crippen LogP contribution in [-0.2, 0) is 28.5 Å². The summed E-state index contributed by atoms with van der Waals surface area (Å²) in [5.74, 6) is -0.888. The van der Waals surface area contributed by atoms with Crippen molar-refractivity contribution in [3.63, 3.8) is 0 Å². The minimum Gasteiger partial charge on any atom is -0.440 e. The van der Waals surface area contributed by atoms with E-state index in [0.717, 1.165) is 11.1 Å². The Morgan fingerprint density at radius 1 is 1.04 bits per heavy atom. The highest BCUT2D eigenvalue weighted by Crippen LogP contribution is 2.73. The van der Waals surface area contributed by atoms with Crippen LogP contribution < -0.4 is 0 Å². The van der Waals surface area contributed by atoms with Crippen LogP contribution >= 0.6 is 7.60 Å². The lowest BCUT2D eigenvalue weighted by Gasteiger charge is -2.38. The first kappa shape index (κ1) is 19.8. The molecule has 3 rings (SSSR count). The third kappa shape index (κ3) is 3.47. The normalized spacial score (nSPS) is 22.6. The first-order chi connectivity index (χ1) is 13.0. The standard InChI is InChI=1S/C21H25O5P/c1-4-24-27(23,25-5-2)21(18-9-7-6-8-10-18)19(15-20(22)26-21)17-13-11-16(3)12-14-17/h6-14,19H,4-5,15H2,1-3H3. The van der Waals surface area contributed by atoms with E-state index in [1.54, 1.807) is 13.8 Å². The predicted octanol–water partition coefficient (Wildman–Crippen LogP) is 5.14. The molecule has 0 radical (unpaired) electrons. The molecule has 0 aromatic heterocycles. The average Bonchev–Trinajstić information content (AvgIpc) is 3.02. The Balaban J connectivity index is 2.26. The van der Waals surface area contributed by atoms with Crippen LogP contribution in [0.3, 0.4) is 0 Å². The zero-order valence-corrected chi connectivity index (χ0v) is 16.8. The van der Waals surface area contributed by atoms with E-state index >= 15 is 0 Å². The molecule has 2 aromatic rings. The molecule has 0 aliphatic carbocycles. The van der Waals surface area contributed by atoms with Crippen LogP contribution in [0.15, 0.2) is 54.6 Å². The maximum absolute atomic E-state index is 14.0. The van der Waals surface area contributed by atoms with Crippen LogP contribution in [0.25, 0.3) is 0 Å². The lowest BCUT2D eigenvalue weighted by Crippen LogP contribution is -2.33. The van der Waals surface area contributed by atoms with Gasteiger partial charge in [0.25, 0.3) is 0 Å². The third-order valence-electron chi connectivity index (χ3n) is 4.78. The second-order valence-corrected chi connectivity index (χ2v) is 8.71. The molecule has 2 unspecified atom stereocenters. The van der Waals surface area contributed by atoms with Crippen LogP contribution in [0, 0.1) is 6.92 Å². The highest BCUT2D eigenvalue weighted by atomic mass is 31.2. The molecule has 5 nitrogen and oxygen atoms in total. The second-order valence-electron chi connectivity index (χ2n) is 6.54. The molecule has 1 aliphatic heterocycles. The quantitative estimate of drug-likeness (QED) is 0.485. The number of hydrogen-bond acceptors (Lipinski definition) is 5. The molecule has 2 aromatic carbocycles. The van der Waals surface area contributed by atoms with Gasteiger partial charge in [-0.15, -0.1) is 0 Å². The van der Waals surface area contributed by atoms with E-state index in [2.05, 4.69) is 0 Å². The molecule has 0 saturated carbocycles. The molecule has 1 heterocycles. The van der Waals surface area contributed by atoms with Gasteiger partial charge in [-0.1, -0.05) is 60.2 Å². The molecule has 2 atom stereocenters. The molecule has 1 saturated heterocycles. The van der Waals surface area contributed by atoms with Gasteiger partial charge in [0.15, 0.2) is 0 Å². The zero-order chi connectivity index (χ0) is 19.5. The number of esters is 1. The van der Waals surface area contributed by atoms with Gasteiger partial charge < -0.3 is 13.8 Å². The topological polar surface area (TPSA) is 61.8 Å². The number of rotatable bonds is 7. The summed E-state index contributed by atoms with van der Waals surface area (Å²) < 4.78 is 31.2. The minimum atomic E-state index is -3.83. The third-order valence-corrected chi connectivity index (χ3v) is 7.46. The summed E-state index contributed by atoms with van der Waals surface area (Å²) in [5, 5.41) is -1.51. The van der Waals surface area contributed by atoms with E-state index in [1.807, 2.05) is 61.5 Å². The SMILES string of the molecule is CCOP(=O)(OCC)C1(c2ccccc2)OC(=O)CC1c1ccc(C)cc1. The Kier molecular flexibility index (Phi) is 5.85. The fourth-order valence-electron chi connectivity index (χ4n) is 3.64. The molecule has 0 amide bonds. The number of hydrogen-bond donors (Lipinski definition) is 0. The maximum Gasteiger partial charge on any atom is 0.379 e. The molecule has 0 N–H and O–H groups in total. The Morgan fingerprint density at radius 3 is 2.19 bits per heavy atom. The van der Waals surface area contributed by atoms with Gasteiger partial charge in [-0.2, -0.15) is 0 Å². The van der Waals surface area contributed by atoms with E-state index in [0.29, 0.717) is 5.56 Å². The Morgan fingerprint density at radius 2 is 1.63 bits per heavy atom. The monoisotopic (exact) mass is 388 g/mol. The second kappa shape index (κ2) is 7.97. The molecular formula is C21H25O5P. The molecule has 6 heteroatoms. The van der Waals surface area contributed by atoms with Crippen molar-refractivity contribution < 1.29 is 23.1 Å². The van der Waals surface area contributed by atoms with Crippen molar-refractivity contribution in [2.45, 2.75) is 38.5 Å². The summed E-state index contributed by atoms with van der Waals surface area (Å²) in [5.41, 5.74) is 2.59. The smallest absolute Gasteiger partial charge is 0.379 e. The number of carbonyl (C=O) groups is 1. The van der Waals surface area contributed by atoms with Gasteiger partial charge in [0.1, 0.15) is 0 Å². The first-order valence-electron chi connectivity index (χ1n) is 9.20. The van der Waals surface area contributed by atoms with Crippen LogP contribution in [0.2, 0.25) is 0 Å². The number of carbonyl (C=O) groups excluding carboxylic acids is 1. The predicted molar refractivity (Wildman–Crippen MR) is 104 cm³/mol. The number of aryl methyl sites for hydroxylation is 1. The number of benzene rings is 2. The van der Waals surface area contributed by atoms with Crippen molar-refractivity contribution in [3.8, 4) is 0 Å². The molecule has 27 heavy (non-hydrogen) atoms. The van der Waals surface area contributed by atoms with Gasteiger partial charge in [-0.3, -0.25) is 9.36 Å². The molecule has 0 spiro atoms. The summed E-state index contributed by atoms with van der Waals surface area (Å²) >= 11 is 0. The zero-order valence-electron chi connectivity index (χ0n) is 15.9. The average molecular weight is 388 g/mol. The van der Waals surface area contributed by atoms with Crippen molar-refractivity contribution in [1.29, 1.82) is 0 Å². The van der Waals surface area contributed by atoms with Gasteiger partial charge in [-0.25, -0.2) is 0 Å². The van der Waals surface area contributed by atoms with Gasteiger partial charge >= 0.3 is 13.6 Å². The lowest BCUT2D eigenvalue weighted by atomic mass is 9.87. The maximum atomic E-state index is 14.0.